The number of nitrogens with one attached hydrogen (secondary N) is 1. The van der Waals surface area contributed by atoms with E-state index in [1.165, 1.54) is 6.26 Å². The average Bonchev–Trinajstić information content (AvgIpc) is 3.23. The summed E-state index contributed by atoms with van der Waals surface area (Å²) in [6.07, 6.45) is 3.96. The smallest absolute Gasteiger partial charge is 0.326 e. The van der Waals surface area contributed by atoms with Gasteiger partial charge < -0.3 is 19.7 Å². The van der Waals surface area contributed by atoms with Crippen molar-refractivity contribution in [2.45, 2.75) is 31.8 Å². The number of benzene rings is 1. The van der Waals surface area contributed by atoms with Crippen LogP contribution in [0.4, 0.5) is 5.69 Å². The Kier molecular flexibility index (Phi) is 5.40. The van der Waals surface area contributed by atoms with Gasteiger partial charge in [0.2, 0.25) is 5.91 Å². The fourth-order valence-electron chi connectivity index (χ4n) is 3.09. The molecule has 140 valence electrons. The SMILES string of the molecule is C=CCCC(NC(=O)c1occc1CN1C(=O)Cc2ccccc21)C(=O)O. The molecule has 7 heteroatoms. The summed E-state index contributed by atoms with van der Waals surface area (Å²) < 4.78 is 5.28. The highest BCUT2D eigenvalue weighted by Gasteiger charge is 2.29. The third-order valence-electron chi connectivity index (χ3n) is 4.47. The summed E-state index contributed by atoms with van der Waals surface area (Å²) in [6.45, 7) is 3.74. The van der Waals surface area contributed by atoms with Gasteiger partial charge in [0.25, 0.3) is 5.91 Å². The van der Waals surface area contributed by atoms with Crippen molar-refractivity contribution in [3.63, 3.8) is 0 Å². The molecule has 1 aromatic heterocycles. The predicted molar refractivity (Wildman–Crippen MR) is 98.4 cm³/mol. The van der Waals surface area contributed by atoms with Crippen LogP contribution in [0.1, 0.15) is 34.5 Å². The molecule has 2 heterocycles. The van der Waals surface area contributed by atoms with Crippen LogP contribution in [0.15, 0.2) is 53.7 Å². The largest absolute Gasteiger partial charge is 0.480 e. The van der Waals surface area contributed by atoms with E-state index in [0.29, 0.717) is 18.4 Å². The highest BCUT2D eigenvalue weighted by atomic mass is 16.4. The molecule has 0 bridgehead atoms. The molecule has 0 radical (unpaired) electrons. The molecule has 0 saturated carbocycles. The van der Waals surface area contributed by atoms with Crippen molar-refractivity contribution >= 4 is 23.5 Å². The lowest BCUT2D eigenvalue weighted by Crippen LogP contribution is -2.41. The van der Waals surface area contributed by atoms with E-state index in [-0.39, 0.29) is 24.6 Å². The zero-order chi connectivity index (χ0) is 19.4. The van der Waals surface area contributed by atoms with E-state index in [1.54, 1.807) is 17.0 Å². The van der Waals surface area contributed by atoms with Gasteiger partial charge in [0.05, 0.1) is 19.2 Å². The molecule has 0 spiro atoms. The lowest BCUT2D eigenvalue weighted by atomic mass is 10.1. The van der Waals surface area contributed by atoms with Crippen LogP contribution in [0.25, 0.3) is 0 Å². The lowest BCUT2D eigenvalue weighted by Gasteiger charge is -2.18. The highest BCUT2D eigenvalue weighted by molar-refractivity contribution is 6.02. The maximum absolute atomic E-state index is 12.5. The van der Waals surface area contributed by atoms with Gasteiger partial charge in [-0.25, -0.2) is 4.79 Å². The first-order chi connectivity index (χ1) is 13.0. The van der Waals surface area contributed by atoms with Crippen LogP contribution in [0.3, 0.4) is 0 Å². The number of furan rings is 1. The first kappa shape index (κ1) is 18.4. The third-order valence-corrected chi connectivity index (χ3v) is 4.47. The van der Waals surface area contributed by atoms with Crippen molar-refractivity contribution in [3.05, 3.63) is 66.1 Å². The minimum atomic E-state index is -1.12. The van der Waals surface area contributed by atoms with Crippen LogP contribution in [-0.4, -0.2) is 28.9 Å². The van der Waals surface area contributed by atoms with Gasteiger partial charge in [-0.05, 0) is 30.5 Å². The zero-order valence-corrected chi connectivity index (χ0v) is 14.7. The molecule has 1 atom stereocenters. The Balaban J connectivity index is 1.76. The monoisotopic (exact) mass is 368 g/mol. The quantitative estimate of drug-likeness (QED) is 0.698. The van der Waals surface area contributed by atoms with Gasteiger partial charge in [-0.1, -0.05) is 24.3 Å². The fourth-order valence-corrected chi connectivity index (χ4v) is 3.09. The van der Waals surface area contributed by atoms with Crippen LogP contribution < -0.4 is 10.2 Å². The topological polar surface area (TPSA) is 99.9 Å². The summed E-state index contributed by atoms with van der Waals surface area (Å²) in [5.74, 6) is -1.79. The van der Waals surface area contributed by atoms with Crippen molar-refractivity contribution in [2.24, 2.45) is 0 Å². The molecule has 1 aliphatic rings. The summed E-state index contributed by atoms with van der Waals surface area (Å²) in [4.78, 5) is 37.8. The molecule has 27 heavy (non-hydrogen) atoms. The number of rotatable bonds is 8. The van der Waals surface area contributed by atoms with Gasteiger partial charge in [-0.3, -0.25) is 9.59 Å². The summed E-state index contributed by atoms with van der Waals surface area (Å²) in [5.41, 5.74) is 2.27. The van der Waals surface area contributed by atoms with Crippen molar-refractivity contribution in [3.8, 4) is 0 Å². The molecule has 1 unspecified atom stereocenters. The van der Waals surface area contributed by atoms with Crippen molar-refractivity contribution in [1.29, 1.82) is 0 Å². The minimum absolute atomic E-state index is 0.0111. The number of anilines is 1. The number of aliphatic carboxylic acids is 1. The number of para-hydroxylation sites is 1. The summed E-state index contributed by atoms with van der Waals surface area (Å²) in [5, 5.41) is 11.7. The molecule has 3 rings (SSSR count). The number of fused-ring (bicyclic) bond motifs is 1. The summed E-state index contributed by atoms with van der Waals surface area (Å²) in [6, 6.07) is 8.06. The number of carbonyl (C=O) groups excluding carboxylic acids is 2. The van der Waals surface area contributed by atoms with Crippen molar-refractivity contribution in [2.75, 3.05) is 4.90 Å². The molecule has 0 saturated heterocycles. The Morgan fingerprint density at radius 2 is 2.11 bits per heavy atom. The number of hydrogen-bond acceptors (Lipinski definition) is 4. The molecule has 7 nitrogen and oxygen atoms in total. The Hall–Kier alpha value is -3.35. The standard InChI is InChI=1S/C20H20N2O5/c1-2-3-7-15(20(25)26)21-19(24)18-14(9-10-27-18)12-22-16-8-5-4-6-13(16)11-17(22)23/h2,4-6,8-10,15H,1,3,7,11-12H2,(H,21,24)(H,25,26). The molecule has 1 aliphatic heterocycles. The number of allylic oxidation sites excluding steroid dienone is 1. The van der Waals surface area contributed by atoms with Crippen molar-refractivity contribution in [1.82, 2.24) is 5.32 Å². The number of carbonyl (C=O) groups is 3. The third kappa shape index (κ3) is 3.92. The Labute approximate surface area is 156 Å². The molecule has 1 aromatic carbocycles. The highest BCUT2D eigenvalue weighted by Crippen LogP contribution is 2.30. The van der Waals surface area contributed by atoms with Crippen LogP contribution >= 0.6 is 0 Å². The van der Waals surface area contributed by atoms with Gasteiger partial charge in [-0.15, -0.1) is 6.58 Å². The van der Waals surface area contributed by atoms with Crippen LogP contribution in [0.2, 0.25) is 0 Å². The molecular formula is C20H20N2O5. The van der Waals surface area contributed by atoms with Gasteiger partial charge in [0.1, 0.15) is 6.04 Å². The normalized spacial score (nSPS) is 13.9. The maximum atomic E-state index is 12.5. The molecule has 0 fully saturated rings. The first-order valence-corrected chi connectivity index (χ1v) is 8.60. The number of carboxylic acid groups (broad SMARTS) is 1. The van der Waals surface area contributed by atoms with E-state index in [0.717, 1.165) is 11.3 Å². The molecule has 2 N–H and O–H groups in total. The van der Waals surface area contributed by atoms with E-state index >= 15 is 0 Å². The van der Waals surface area contributed by atoms with Crippen LogP contribution in [-0.2, 0) is 22.6 Å². The summed E-state index contributed by atoms with van der Waals surface area (Å²) in [7, 11) is 0. The Morgan fingerprint density at radius 3 is 2.85 bits per heavy atom. The average molecular weight is 368 g/mol. The van der Waals surface area contributed by atoms with Gasteiger partial charge in [-0.2, -0.15) is 0 Å². The zero-order valence-electron chi connectivity index (χ0n) is 14.7. The number of amides is 2. The van der Waals surface area contributed by atoms with E-state index in [9.17, 15) is 19.5 Å². The first-order valence-electron chi connectivity index (χ1n) is 8.60. The van der Waals surface area contributed by atoms with Crippen LogP contribution in [0, 0.1) is 0 Å². The second-order valence-corrected chi connectivity index (χ2v) is 6.29. The molecule has 2 aromatic rings. The minimum Gasteiger partial charge on any atom is -0.480 e. The van der Waals surface area contributed by atoms with E-state index in [4.69, 9.17) is 4.42 Å². The van der Waals surface area contributed by atoms with Crippen LogP contribution in [0.5, 0.6) is 0 Å². The Morgan fingerprint density at radius 1 is 1.33 bits per heavy atom. The second kappa shape index (κ2) is 7.90. The van der Waals surface area contributed by atoms with Gasteiger partial charge >= 0.3 is 5.97 Å². The van der Waals surface area contributed by atoms with E-state index < -0.39 is 17.9 Å². The van der Waals surface area contributed by atoms with Crippen molar-refractivity contribution < 1.29 is 23.9 Å². The fraction of sp³-hybridized carbons (Fsp3) is 0.250. The molecule has 0 aliphatic carbocycles. The lowest BCUT2D eigenvalue weighted by molar-refractivity contribution is -0.139. The summed E-state index contributed by atoms with van der Waals surface area (Å²) >= 11 is 0. The predicted octanol–water partition coefficient (Wildman–Crippen LogP) is 2.52. The molecular weight excluding hydrogens is 348 g/mol. The van der Waals surface area contributed by atoms with E-state index in [2.05, 4.69) is 11.9 Å². The number of hydrogen-bond donors (Lipinski definition) is 2. The van der Waals surface area contributed by atoms with E-state index in [1.807, 2.05) is 24.3 Å². The number of nitrogens with zero attached hydrogens (tertiary/aromatic N) is 1. The second-order valence-electron chi connectivity index (χ2n) is 6.29. The van der Waals surface area contributed by atoms with Gasteiger partial charge in [0.15, 0.2) is 5.76 Å². The number of carboxylic acids is 1. The maximum Gasteiger partial charge on any atom is 0.326 e. The van der Waals surface area contributed by atoms with Gasteiger partial charge in [0, 0.05) is 11.3 Å². The Bertz CT molecular complexity index is 886. The molecule has 2 amide bonds.